The summed E-state index contributed by atoms with van der Waals surface area (Å²) in [5.41, 5.74) is 0.548. The maximum absolute atomic E-state index is 12.7. The molecular formula is C22H25ClN2O4. The number of carbonyl (C=O) groups excluding carboxylic acids is 2. The fourth-order valence-electron chi connectivity index (χ4n) is 3.28. The molecule has 3 rings (SSSR count). The average molecular weight is 417 g/mol. The average Bonchev–Trinajstić information content (AvgIpc) is 2.77. The maximum atomic E-state index is 12.7. The van der Waals surface area contributed by atoms with E-state index in [4.69, 9.17) is 21.1 Å². The van der Waals surface area contributed by atoms with Crippen molar-refractivity contribution < 1.29 is 19.1 Å². The Morgan fingerprint density at radius 3 is 2.24 bits per heavy atom. The lowest BCUT2D eigenvalue weighted by Crippen LogP contribution is -2.50. The van der Waals surface area contributed by atoms with Gasteiger partial charge in [0.2, 0.25) is 5.91 Å². The van der Waals surface area contributed by atoms with Crippen molar-refractivity contribution in [3.63, 3.8) is 0 Å². The first-order valence-corrected chi connectivity index (χ1v) is 10.1. The summed E-state index contributed by atoms with van der Waals surface area (Å²) >= 11 is 6.05. The molecule has 2 aromatic rings. The van der Waals surface area contributed by atoms with Gasteiger partial charge in [0.05, 0.1) is 24.3 Å². The molecule has 0 atom stereocenters. The predicted molar refractivity (Wildman–Crippen MR) is 112 cm³/mol. The van der Waals surface area contributed by atoms with Crippen LogP contribution in [0.5, 0.6) is 11.5 Å². The number of benzene rings is 2. The molecule has 1 saturated heterocycles. The molecule has 0 N–H and O–H groups in total. The maximum Gasteiger partial charge on any atom is 0.257 e. The normalized spacial score (nSPS) is 13.9. The number of carbonyl (C=O) groups is 2. The highest BCUT2D eigenvalue weighted by Gasteiger charge is 2.26. The lowest BCUT2D eigenvalue weighted by atomic mass is 10.1. The number of methoxy groups -OCH3 is 1. The van der Waals surface area contributed by atoms with Gasteiger partial charge in [0.25, 0.3) is 5.91 Å². The fourth-order valence-corrected chi connectivity index (χ4v) is 3.47. The van der Waals surface area contributed by atoms with Crippen LogP contribution in [-0.2, 0) is 4.79 Å². The number of rotatable bonds is 7. The van der Waals surface area contributed by atoms with Gasteiger partial charge in [0.15, 0.2) is 0 Å². The second-order valence-electron chi connectivity index (χ2n) is 6.76. The molecular weight excluding hydrogens is 392 g/mol. The molecule has 1 aliphatic rings. The highest BCUT2D eigenvalue weighted by Crippen LogP contribution is 2.23. The monoisotopic (exact) mass is 416 g/mol. The van der Waals surface area contributed by atoms with E-state index in [1.807, 2.05) is 35.2 Å². The third-order valence-corrected chi connectivity index (χ3v) is 5.20. The van der Waals surface area contributed by atoms with Crippen molar-refractivity contribution in [2.45, 2.75) is 12.8 Å². The second-order valence-corrected chi connectivity index (χ2v) is 7.16. The summed E-state index contributed by atoms with van der Waals surface area (Å²) in [5, 5.41) is 0.565. The van der Waals surface area contributed by atoms with E-state index in [1.54, 1.807) is 30.2 Å². The number of nitrogens with zero attached hydrogens (tertiary/aromatic N) is 2. The van der Waals surface area contributed by atoms with Gasteiger partial charge < -0.3 is 19.3 Å². The zero-order valence-electron chi connectivity index (χ0n) is 16.5. The minimum absolute atomic E-state index is 0.0670. The van der Waals surface area contributed by atoms with Crippen LogP contribution in [0.25, 0.3) is 0 Å². The standard InChI is InChI=1S/C22H25ClN2O4/c1-28-19-9-4-2-7-17(19)22(27)25-14-12-24(13-15-25)21(26)11-6-16-29-20-10-5-3-8-18(20)23/h2-5,7-10H,6,11-16H2,1H3. The highest BCUT2D eigenvalue weighted by molar-refractivity contribution is 6.32. The van der Waals surface area contributed by atoms with E-state index in [-0.39, 0.29) is 11.8 Å². The molecule has 0 radical (unpaired) electrons. The second kappa shape index (κ2) is 10.2. The Morgan fingerprint density at radius 2 is 1.55 bits per heavy atom. The molecule has 0 aromatic heterocycles. The van der Waals surface area contributed by atoms with Crippen LogP contribution in [0.2, 0.25) is 5.02 Å². The van der Waals surface area contributed by atoms with E-state index in [2.05, 4.69) is 0 Å². The van der Waals surface area contributed by atoms with E-state index in [0.717, 1.165) is 0 Å². The van der Waals surface area contributed by atoms with Crippen molar-refractivity contribution in [3.8, 4) is 11.5 Å². The molecule has 1 aliphatic heterocycles. The highest BCUT2D eigenvalue weighted by atomic mass is 35.5. The number of hydrogen-bond donors (Lipinski definition) is 0. The van der Waals surface area contributed by atoms with Gasteiger partial charge in [-0.2, -0.15) is 0 Å². The van der Waals surface area contributed by atoms with Crippen molar-refractivity contribution >= 4 is 23.4 Å². The first-order chi connectivity index (χ1) is 14.1. The molecule has 1 fully saturated rings. The molecule has 0 spiro atoms. The number of hydrogen-bond acceptors (Lipinski definition) is 4. The summed E-state index contributed by atoms with van der Waals surface area (Å²) in [6, 6.07) is 14.5. The van der Waals surface area contributed by atoms with Crippen molar-refractivity contribution in [3.05, 3.63) is 59.1 Å². The van der Waals surface area contributed by atoms with Crippen LogP contribution in [0.15, 0.2) is 48.5 Å². The molecule has 0 unspecified atom stereocenters. The van der Waals surface area contributed by atoms with E-state index >= 15 is 0 Å². The fraction of sp³-hybridized carbons (Fsp3) is 0.364. The molecule has 0 saturated carbocycles. The molecule has 0 bridgehead atoms. The van der Waals surface area contributed by atoms with Gasteiger partial charge >= 0.3 is 0 Å². The van der Waals surface area contributed by atoms with Gasteiger partial charge in [0, 0.05) is 32.6 Å². The van der Waals surface area contributed by atoms with Crippen LogP contribution >= 0.6 is 11.6 Å². The molecule has 7 heteroatoms. The summed E-state index contributed by atoms with van der Waals surface area (Å²) in [5.74, 6) is 1.21. The summed E-state index contributed by atoms with van der Waals surface area (Å²) in [6.07, 6.45) is 1.02. The Labute approximate surface area is 176 Å². The summed E-state index contributed by atoms with van der Waals surface area (Å²) in [4.78, 5) is 28.8. The molecule has 29 heavy (non-hydrogen) atoms. The molecule has 0 aliphatic carbocycles. The number of para-hydroxylation sites is 2. The lowest BCUT2D eigenvalue weighted by molar-refractivity contribution is -0.132. The van der Waals surface area contributed by atoms with Crippen molar-refractivity contribution in [1.29, 1.82) is 0 Å². The third kappa shape index (κ3) is 5.41. The Kier molecular flexibility index (Phi) is 7.36. The SMILES string of the molecule is COc1ccccc1C(=O)N1CCN(C(=O)CCCOc2ccccc2Cl)CC1. The Bertz CT molecular complexity index is 850. The first-order valence-electron chi connectivity index (χ1n) is 9.67. The Balaban J connectivity index is 1.42. The number of piperazine rings is 1. The van der Waals surface area contributed by atoms with Crippen LogP contribution in [0, 0.1) is 0 Å². The smallest absolute Gasteiger partial charge is 0.257 e. The zero-order valence-corrected chi connectivity index (χ0v) is 17.2. The number of amides is 2. The van der Waals surface area contributed by atoms with Gasteiger partial charge in [0.1, 0.15) is 11.5 Å². The zero-order chi connectivity index (χ0) is 20.6. The molecule has 6 nitrogen and oxygen atoms in total. The van der Waals surface area contributed by atoms with Crippen LogP contribution in [0.1, 0.15) is 23.2 Å². The van der Waals surface area contributed by atoms with E-state index in [9.17, 15) is 9.59 Å². The van der Waals surface area contributed by atoms with E-state index < -0.39 is 0 Å². The van der Waals surface area contributed by atoms with Crippen LogP contribution in [0.3, 0.4) is 0 Å². The Hall–Kier alpha value is -2.73. The summed E-state index contributed by atoms with van der Waals surface area (Å²) in [7, 11) is 1.55. The molecule has 154 valence electrons. The van der Waals surface area contributed by atoms with Gasteiger partial charge in [-0.1, -0.05) is 35.9 Å². The number of ether oxygens (including phenoxy) is 2. The minimum atomic E-state index is -0.0670. The molecule has 2 aromatic carbocycles. The summed E-state index contributed by atoms with van der Waals surface area (Å²) < 4.78 is 10.9. The van der Waals surface area contributed by atoms with Crippen molar-refractivity contribution in [2.24, 2.45) is 0 Å². The summed E-state index contributed by atoms with van der Waals surface area (Å²) in [6.45, 7) is 2.52. The van der Waals surface area contributed by atoms with Gasteiger partial charge in [-0.25, -0.2) is 0 Å². The van der Waals surface area contributed by atoms with Gasteiger partial charge in [-0.15, -0.1) is 0 Å². The Morgan fingerprint density at radius 1 is 0.931 bits per heavy atom. The quantitative estimate of drug-likeness (QED) is 0.648. The lowest BCUT2D eigenvalue weighted by Gasteiger charge is -2.35. The minimum Gasteiger partial charge on any atom is -0.496 e. The topological polar surface area (TPSA) is 59.1 Å². The molecule has 2 amide bonds. The first kappa shape index (κ1) is 21.0. The van der Waals surface area contributed by atoms with Crippen LogP contribution in [-0.4, -0.2) is 61.5 Å². The van der Waals surface area contributed by atoms with Crippen LogP contribution < -0.4 is 9.47 Å². The van der Waals surface area contributed by atoms with Crippen molar-refractivity contribution in [1.82, 2.24) is 9.80 Å². The largest absolute Gasteiger partial charge is 0.496 e. The number of halogens is 1. The van der Waals surface area contributed by atoms with Gasteiger partial charge in [-0.05, 0) is 30.7 Å². The van der Waals surface area contributed by atoms with Gasteiger partial charge in [-0.3, -0.25) is 9.59 Å². The van der Waals surface area contributed by atoms with Crippen LogP contribution in [0.4, 0.5) is 0 Å². The van der Waals surface area contributed by atoms with E-state index in [0.29, 0.717) is 67.7 Å². The van der Waals surface area contributed by atoms with Crippen molar-refractivity contribution in [2.75, 3.05) is 39.9 Å². The predicted octanol–water partition coefficient (Wildman–Crippen LogP) is 3.49. The third-order valence-electron chi connectivity index (χ3n) is 4.89. The molecule has 1 heterocycles. The van der Waals surface area contributed by atoms with E-state index in [1.165, 1.54) is 0 Å².